The van der Waals surface area contributed by atoms with E-state index in [2.05, 4.69) is 4.74 Å². The summed E-state index contributed by atoms with van der Waals surface area (Å²) in [5.74, 6) is -0.232. The van der Waals surface area contributed by atoms with E-state index in [-0.39, 0.29) is 18.6 Å². The number of methoxy groups -OCH3 is 1. The summed E-state index contributed by atoms with van der Waals surface area (Å²) < 4.78 is 9.86. The van der Waals surface area contributed by atoms with E-state index in [1.54, 1.807) is 0 Å². The minimum Gasteiger partial charge on any atom is -0.468 e. The maximum Gasteiger partial charge on any atom is 0.325 e. The van der Waals surface area contributed by atoms with Crippen molar-refractivity contribution >= 4 is 11.7 Å². The zero-order valence-electron chi connectivity index (χ0n) is 9.26. The van der Waals surface area contributed by atoms with E-state index >= 15 is 0 Å². The van der Waals surface area contributed by atoms with Crippen LogP contribution < -0.4 is 4.90 Å². The zero-order valence-corrected chi connectivity index (χ0v) is 9.26. The van der Waals surface area contributed by atoms with Crippen LogP contribution in [0, 0.1) is 0 Å². The lowest BCUT2D eigenvalue weighted by molar-refractivity contribution is -0.138. The number of hydrogen-bond donors (Lipinski definition) is 0. The fourth-order valence-corrected chi connectivity index (χ4v) is 1.54. The van der Waals surface area contributed by atoms with Crippen LogP contribution in [0.25, 0.3) is 0 Å². The van der Waals surface area contributed by atoms with E-state index in [0.717, 1.165) is 18.8 Å². The third kappa shape index (κ3) is 2.97. The highest BCUT2D eigenvalue weighted by molar-refractivity contribution is 5.75. The Hall–Kier alpha value is -1.55. The van der Waals surface area contributed by atoms with Gasteiger partial charge in [0.15, 0.2) is 0 Å². The van der Waals surface area contributed by atoms with Crippen LogP contribution in [0.1, 0.15) is 0 Å². The molecule has 1 unspecified atom stereocenters. The second-order valence-corrected chi connectivity index (χ2v) is 3.75. The van der Waals surface area contributed by atoms with Crippen LogP contribution in [0.15, 0.2) is 30.3 Å². The van der Waals surface area contributed by atoms with Crippen LogP contribution in [0.2, 0.25) is 0 Å². The van der Waals surface area contributed by atoms with Crippen molar-refractivity contribution in [2.24, 2.45) is 0 Å². The molecule has 0 bridgehead atoms. The van der Waals surface area contributed by atoms with E-state index in [0.29, 0.717) is 0 Å². The van der Waals surface area contributed by atoms with Gasteiger partial charge in [-0.25, -0.2) is 0 Å². The largest absolute Gasteiger partial charge is 0.468 e. The maximum absolute atomic E-state index is 11.3. The van der Waals surface area contributed by atoms with Gasteiger partial charge in [-0.2, -0.15) is 0 Å². The number of anilines is 1. The van der Waals surface area contributed by atoms with E-state index in [9.17, 15) is 4.79 Å². The quantitative estimate of drug-likeness (QED) is 0.551. The van der Waals surface area contributed by atoms with Crippen molar-refractivity contribution < 1.29 is 14.3 Å². The Morgan fingerprint density at radius 3 is 2.75 bits per heavy atom. The standard InChI is InChI=1S/C12H15NO3/c1-15-12(14)8-13(7-11-9-16-11)10-5-3-2-4-6-10/h2-6,11H,7-9H2,1H3. The third-order valence-corrected chi connectivity index (χ3v) is 2.50. The van der Waals surface area contributed by atoms with Gasteiger partial charge in [-0.15, -0.1) is 0 Å². The van der Waals surface area contributed by atoms with Crippen molar-refractivity contribution in [1.82, 2.24) is 0 Å². The first-order valence-corrected chi connectivity index (χ1v) is 5.28. The average molecular weight is 221 g/mol. The Morgan fingerprint density at radius 2 is 2.19 bits per heavy atom. The molecule has 4 nitrogen and oxygen atoms in total. The number of esters is 1. The topological polar surface area (TPSA) is 42.1 Å². The smallest absolute Gasteiger partial charge is 0.325 e. The molecule has 1 aromatic carbocycles. The number of carbonyl (C=O) groups excluding carboxylic acids is 1. The Morgan fingerprint density at radius 1 is 1.50 bits per heavy atom. The molecule has 1 aliphatic heterocycles. The van der Waals surface area contributed by atoms with Crippen LogP contribution >= 0.6 is 0 Å². The van der Waals surface area contributed by atoms with Gasteiger partial charge in [-0.3, -0.25) is 4.79 Å². The first kappa shape index (κ1) is 11.0. The molecule has 1 saturated heterocycles. The maximum atomic E-state index is 11.3. The number of ether oxygens (including phenoxy) is 2. The molecule has 0 saturated carbocycles. The highest BCUT2D eigenvalue weighted by Crippen LogP contribution is 2.18. The number of hydrogen-bond acceptors (Lipinski definition) is 4. The summed E-state index contributed by atoms with van der Waals surface area (Å²) >= 11 is 0. The Kier molecular flexibility index (Phi) is 3.41. The molecule has 1 aromatic rings. The second kappa shape index (κ2) is 4.99. The fourth-order valence-electron chi connectivity index (χ4n) is 1.54. The van der Waals surface area contributed by atoms with E-state index < -0.39 is 0 Å². The van der Waals surface area contributed by atoms with Crippen molar-refractivity contribution in [2.75, 3.05) is 31.7 Å². The number of nitrogens with zero attached hydrogens (tertiary/aromatic N) is 1. The van der Waals surface area contributed by atoms with Gasteiger partial charge in [0.2, 0.25) is 0 Å². The minimum atomic E-state index is -0.232. The Bertz CT molecular complexity index is 349. The van der Waals surface area contributed by atoms with Gasteiger partial charge in [0.05, 0.1) is 19.8 Å². The van der Waals surface area contributed by atoms with Gasteiger partial charge in [0.25, 0.3) is 0 Å². The summed E-state index contributed by atoms with van der Waals surface area (Å²) in [5.41, 5.74) is 1.02. The first-order chi connectivity index (χ1) is 7.79. The highest BCUT2D eigenvalue weighted by atomic mass is 16.6. The van der Waals surface area contributed by atoms with Crippen LogP contribution in [0.4, 0.5) is 5.69 Å². The molecule has 0 N–H and O–H groups in total. The Balaban J connectivity index is 2.04. The normalized spacial score (nSPS) is 17.9. The van der Waals surface area contributed by atoms with Crippen molar-refractivity contribution in [3.05, 3.63) is 30.3 Å². The summed E-state index contributed by atoms with van der Waals surface area (Å²) in [6.07, 6.45) is 0.255. The molecule has 1 heterocycles. The predicted molar refractivity (Wildman–Crippen MR) is 60.4 cm³/mol. The molecule has 0 amide bonds. The second-order valence-electron chi connectivity index (χ2n) is 3.75. The lowest BCUT2D eigenvalue weighted by atomic mass is 10.2. The SMILES string of the molecule is COC(=O)CN(CC1CO1)c1ccccc1. The number of benzene rings is 1. The van der Waals surface area contributed by atoms with Crippen LogP contribution in [0.3, 0.4) is 0 Å². The van der Waals surface area contributed by atoms with Gasteiger partial charge >= 0.3 is 5.97 Å². The van der Waals surface area contributed by atoms with Gasteiger partial charge in [-0.05, 0) is 12.1 Å². The van der Waals surface area contributed by atoms with Gasteiger partial charge in [0.1, 0.15) is 6.54 Å². The van der Waals surface area contributed by atoms with Gasteiger partial charge in [0, 0.05) is 12.2 Å². The number of carbonyl (C=O) groups is 1. The zero-order chi connectivity index (χ0) is 11.4. The molecule has 0 aromatic heterocycles. The third-order valence-electron chi connectivity index (χ3n) is 2.50. The van der Waals surface area contributed by atoms with Gasteiger partial charge in [-0.1, -0.05) is 18.2 Å². The van der Waals surface area contributed by atoms with Crippen LogP contribution in [-0.2, 0) is 14.3 Å². The molecule has 16 heavy (non-hydrogen) atoms. The lowest BCUT2D eigenvalue weighted by Gasteiger charge is -2.22. The summed E-state index contributed by atoms with van der Waals surface area (Å²) in [7, 11) is 1.40. The molecule has 1 atom stereocenters. The summed E-state index contributed by atoms with van der Waals surface area (Å²) in [4.78, 5) is 13.3. The van der Waals surface area contributed by atoms with Crippen LogP contribution in [-0.4, -0.2) is 38.9 Å². The predicted octanol–water partition coefficient (Wildman–Crippen LogP) is 1.06. The van der Waals surface area contributed by atoms with Crippen LogP contribution in [0.5, 0.6) is 0 Å². The van der Waals surface area contributed by atoms with E-state index in [1.165, 1.54) is 7.11 Å². The Labute approximate surface area is 94.8 Å². The number of rotatable bonds is 5. The van der Waals surface area contributed by atoms with Crippen molar-refractivity contribution in [2.45, 2.75) is 6.10 Å². The highest BCUT2D eigenvalue weighted by Gasteiger charge is 2.26. The monoisotopic (exact) mass is 221 g/mol. The summed E-state index contributed by atoms with van der Waals surface area (Å²) in [6.45, 7) is 1.78. The first-order valence-electron chi connectivity index (χ1n) is 5.28. The average Bonchev–Trinajstić information content (AvgIpc) is 3.13. The molecule has 0 radical (unpaired) electrons. The lowest BCUT2D eigenvalue weighted by Crippen LogP contribution is -2.33. The molecule has 2 rings (SSSR count). The molecular weight excluding hydrogens is 206 g/mol. The van der Waals surface area contributed by atoms with E-state index in [4.69, 9.17) is 4.74 Å². The van der Waals surface area contributed by atoms with Crippen molar-refractivity contribution in [1.29, 1.82) is 0 Å². The van der Waals surface area contributed by atoms with Crippen molar-refractivity contribution in [3.63, 3.8) is 0 Å². The number of para-hydroxylation sites is 1. The molecule has 86 valence electrons. The molecule has 1 aliphatic rings. The van der Waals surface area contributed by atoms with E-state index in [1.807, 2.05) is 35.2 Å². The molecule has 4 heteroatoms. The molecule has 1 fully saturated rings. The molecule has 0 aliphatic carbocycles. The number of epoxide rings is 1. The van der Waals surface area contributed by atoms with Crippen molar-refractivity contribution in [3.8, 4) is 0 Å². The minimum absolute atomic E-state index is 0.232. The fraction of sp³-hybridized carbons (Fsp3) is 0.417. The van der Waals surface area contributed by atoms with Gasteiger partial charge < -0.3 is 14.4 Å². The summed E-state index contributed by atoms with van der Waals surface area (Å²) in [6, 6.07) is 9.81. The molecule has 0 spiro atoms. The summed E-state index contributed by atoms with van der Waals surface area (Å²) in [5, 5.41) is 0. The molecular formula is C12H15NO3.